The van der Waals surface area contributed by atoms with Gasteiger partial charge in [0.05, 0.1) is 22.0 Å². The summed E-state index contributed by atoms with van der Waals surface area (Å²) >= 11 is 0. The number of benzene rings is 1. The van der Waals surface area contributed by atoms with Crippen LogP contribution in [0.5, 0.6) is 0 Å². The van der Waals surface area contributed by atoms with Gasteiger partial charge in [-0.1, -0.05) is 13.8 Å². The number of rotatable bonds is 4. The van der Waals surface area contributed by atoms with Crippen LogP contribution in [-0.2, 0) is 0 Å². The van der Waals surface area contributed by atoms with E-state index in [4.69, 9.17) is 0 Å². The minimum absolute atomic E-state index is 0.0923. The molecule has 184 valence electrons. The van der Waals surface area contributed by atoms with E-state index in [1.54, 1.807) is 0 Å². The number of anilines is 1. The molecule has 9 nitrogen and oxygen atoms in total. The lowest BCUT2D eigenvalue weighted by Crippen LogP contribution is -2.54. The Kier molecular flexibility index (Phi) is 5.66. The molecule has 7 atom stereocenters. The van der Waals surface area contributed by atoms with Crippen molar-refractivity contribution in [2.75, 3.05) is 5.43 Å². The molecule has 4 fully saturated rings. The first-order valence-electron chi connectivity index (χ1n) is 12.6. The second-order valence-electron chi connectivity index (χ2n) is 11.5. The highest BCUT2D eigenvalue weighted by atomic mass is 16.6. The standard InChI is InChI=1S/C25H34N4O5/c1-24-11-9-16(26-27-21-7-4-17(28(31)32)14-22(21)29(33)34)13-15(24)3-5-18-19-6-8-23(30)25(19,2)12-10-20(18)24/h4,7,14-15,18-20,23,27,30H,3,5-6,8-13H2,1-2H3. The number of hydrogen-bond donors (Lipinski definition) is 2. The number of fused-ring (bicyclic) bond motifs is 5. The Hall–Kier alpha value is -2.55. The molecule has 9 heteroatoms. The second kappa shape index (κ2) is 8.29. The number of nitro benzene ring substituents is 2. The van der Waals surface area contributed by atoms with Crippen LogP contribution in [0.4, 0.5) is 17.1 Å². The summed E-state index contributed by atoms with van der Waals surface area (Å²) in [7, 11) is 0. The largest absolute Gasteiger partial charge is 0.393 e. The maximum Gasteiger partial charge on any atom is 0.301 e. The maximum absolute atomic E-state index is 11.4. The van der Waals surface area contributed by atoms with E-state index >= 15 is 0 Å². The predicted molar refractivity (Wildman–Crippen MR) is 129 cm³/mol. The third-order valence-corrected chi connectivity index (χ3v) is 10.2. The molecule has 4 aliphatic carbocycles. The van der Waals surface area contributed by atoms with Gasteiger partial charge in [0.15, 0.2) is 0 Å². The van der Waals surface area contributed by atoms with Gasteiger partial charge in [0.1, 0.15) is 5.69 Å². The van der Waals surface area contributed by atoms with Crippen molar-refractivity contribution >= 4 is 22.8 Å². The summed E-state index contributed by atoms with van der Waals surface area (Å²) in [6.45, 7) is 4.78. The van der Waals surface area contributed by atoms with Gasteiger partial charge < -0.3 is 5.11 Å². The summed E-state index contributed by atoms with van der Waals surface area (Å²) < 4.78 is 0. The quantitative estimate of drug-likeness (QED) is 0.430. The monoisotopic (exact) mass is 470 g/mol. The molecule has 1 aromatic carbocycles. The van der Waals surface area contributed by atoms with Gasteiger partial charge in [0.25, 0.3) is 5.69 Å². The fourth-order valence-electron chi connectivity index (χ4n) is 8.15. The van der Waals surface area contributed by atoms with E-state index in [2.05, 4.69) is 24.4 Å². The highest BCUT2D eigenvalue weighted by molar-refractivity contribution is 5.86. The van der Waals surface area contributed by atoms with Crippen LogP contribution in [0.1, 0.15) is 71.6 Å². The molecule has 4 saturated carbocycles. The van der Waals surface area contributed by atoms with Gasteiger partial charge in [-0.3, -0.25) is 25.7 Å². The highest BCUT2D eigenvalue weighted by Crippen LogP contribution is 2.66. The molecule has 0 spiro atoms. The first kappa shape index (κ1) is 23.2. The summed E-state index contributed by atoms with van der Waals surface area (Å²) in [4.78, 5) is 21.1. The smallest absolute Gasteiger partial charge is 0.301 e. The van der Waals surface area contributed by atoms with Gasteiger partial charge in [-0.05, 0) is 98.4 Å². The van der Waals surface area contributed by atoms with Crippen molar-refractivity contribution in [3.05, 3.63) is 38.4 Å². The number of nitrogens with one attached hydrogen (secondary N) is 1. The number of hydrogen-bond acceptors (Lipinski definition) is 7. The van der Waals surface area contributed by atoms with Gasteiger partial charge in [0, 0.05) is 11.8 Å². The SMILES string of the molecule is CC12CCC3C(CCC4CC(=NNc5ccc([N+](=O)[O-])cc5[N+](=O)[O-])CCC43C)C1CCC2O. The van der Waals surface area contributed by atoms with Crippen molar-refractivity contribution in [3.63, 3.8) is 0 Å². The fourth-order valence-corrected chi connectivity index (χ4v) is 8.15. The lowest BCUT2D eigenvalue weighted by atomic mass is 9.45. The molecule has 0 bridgehead atoms. The number of nitrogens with zero attached hydrogens (tertiary/aromatic N) is 3. The Bertz CT molecular complexity index is 1040. The normalized spacial score (nSPS) is 40.2. The van der Waals surface area contributed by atoms with Crippen molar-refractivity contribution in [1.29, 1.82) is 0 Å². The number of aliphatic hydroxyl groups is 1. The van der Waals surface area contributed by atoms with E-state index < -0.39 is 9.85 Å². The summed E-state index contributed by atoms with van der Waals surface area (Å²) in [5.41, 5.74) is 3.73. The molecule has 0 aromatic heterocycles. The van der Waals surface area contributed by atoms with Crippen molar-refractivity contribution in [2.24, 2.45) is 39.6 Å². The van der Waals surface area contributed by atoms with E-state index in [9.17, 15) is 25.3 Å². The summed E-state index contributed by atoms with van der Waals surface area (Å²) in [6.07, 6.45) is 9.45. The Labute approximate surface area is 199 Å². The number of hydrazone groups is 1. The highest BCUT2D eigenvalue weighted by Gasteiger charge is 2.59. The lowest BCUT2D eigenvalue weighted by molar-refractivity contribution is -0.393. The van der Waals surface area contributed by atoms with E-state index in [0.717, 1.165) is 56.7 Å². The van der Waals surface area contributed by atoms with Gasteiger partial charge in [0.2, 0.25) is 0 Å². The van der Waals surface area contributed by atoms with Crippen molar-refractivity contribution in [1.82, 2.24) is 0 Å². The summed E-state index contributed by atoms with van der Waals surface area (Å²) in [5.74, 6) is 2.58. The molecule has 4 aliphatic rings. The molecule has 0 heterocycles. The molecule has 0 aliphatic heterocycles. The second-order valence-corrected chi connectivity index (χ2v) is 11.5. The minimum Gasteiger partial charge on any atom is -0.393 e. The van der Waals surface area contributed by atoms with Crippen LogP contribution in [0.2, 0.25) is 0 Å². The summed E-state index contributed by atoms with van der Waals surface area (Å²) in [6, 6.07) is 3.58. The van der Waals surface area contributed by atoms with Crippen LogP contribution in [0.3, 0.4) is 0 Å². The molecule has 5 rings (SSSR count). The molecule has 2 N–H and O–H groups in total. The lowest BCUT2D eigenvalue weighted by Gasteiger charge is -2.60. The Morgan fingerprint density at radius 2 is 1.76 bits per heavy atom. The zero-order valence-corrected chi connectivity index (χ0v) is 19.9. The zero-order chi connectivity index (χ0) is 24.3. The Morgan fingerprint density at radius 3 is 2.50 bits per heavy atom. The maximum atomic E-state index is 11.4. The van der Waals surface area contributed by atoms with Crippen LogP contribution in [-0.4, -0.2) is 26.8 Å². The molecule has 0 saturated heterocycles. The molecular weight excluding hydrogens is 436 g/mol. The van der Waals surface area contributed by atoms with Gasteiger partial charge in [-0.25, -0.2) is 0 Å². The number of nitro groups is 2. The molecule has 34 heavy (non-hydrogen) atoms. The Balaban J connectivity index is 1.31. The third-order valence-electron chi connectivity index (χ3n) is 10.2. The topological polar surface area (TPSA) is 131 Å². The minimum atomic E-state index is -0.638. The third kappa shape index (κ3) is 3.59. The van der Waals surface area contributed by atoms with E-state index in [-0.39, 0.29) is 34.0 Å². The Morgan fingerprint density at radius 1 is 1.00 bits per heavy atom. The van der Waals surface area contributed by atoms with E-state index in [0.29, 0.717) is 23.7 Å². The first-order valence-corrected chi connectivity index (χ1v) is 12.6. The van der Waals surface area contributed by atoms with Crippen molar-refractivity contribution in [3.8, 4) is 0 Å². The van der Waals surface area contributed by atoms with E-state index in [1.165, 1.54) is 25.0 Å². The molecule has 0 amide bonds. The van der Waals surface area contributed by atoms with E-state index in [1.807, 2.05) is 0 Å². The first-order chi connectivity index (χ1) is 16.1. The average molecular weight is 471 g/mol. The zero-order valence-electron chi connectivity index (χ0n) is 19.9. The average Bonchev–Trinajstić information content (AvgIpc) is 3.11. The number of aliphatic hydroxyl groups excluding tert-OH is 1. The molecule has 0 radical (unpaired) electrons. The molecular formula is C25H34N4O5. The predicted octanol–water partition coefficient (Wildman–Crippen LogP) is 5.67. The van der Waals surface area contributed by atoms with Crippen molar-refractivity contribution < 1.29 is 15.0 Å². The van der Waals surface area contributed by atoms with Crippen molar-refractivity contribution in [2.45, 2.75) is 77.7 Å². The van der Waals surface area contributed by atoms with Crippen LogP contribution < -0.4 is 5.43 Å². The van der Waals surface area contributed by atoms with Crippen LogP contribution >= 0.6 is 0 Å². The van der Waals surface area contributed by atoms with Gasteiger partial charge >= 0.3 is 5.69 Å². The van der Waals surface area contributed by atoms with Crippen LogP contribution in [0.25, 0.3) is 0 Å². The van der Waals surface area contributed by atoms with Crippen LogP contribution in [0.15, 0.2) is 23.3 Å². The van der Waals surface area contributed by atoms with Gasteiger partial charge in [-0.15, -0.1) is 0 Å². The van der Waals surface area contributed by atoms with Gasteiger partial charge in [-0.2, -0.15) is 5.10 Å². The summed E-state index contributed by atoms with van der Waals surface area (Å²) in [5, 5.41) is 37.6. The van der Waals surface area contributed by atoms with Crippen LogP contribution in [0, 0.1) is 54.7 Å². The fraction of sp³-hybridized carbons (Fsp3) is 0.720. The molecule has 7 unspecified atom stereocenters. The molecule has 1 aromatic rings. The number of non-ortho nitro benzene ring substituents is 1.